The first-order chi connectivity index (χ1) is 20.7. The fourth-order valence-corrected chi connectivity index (χ4v) is 4.34. The maximum absolute atomic E-state index is 12.9. The minimum absolute atomic E-state index is 0.0845. The molecule has 9 heteroatoms. The fraction of sp³-hybridized carbons (Fsp3) is 0.588. The van der Waals surface area contributed by atoms with Crippen LogP contribution < -0.4 is 10.6 Å². The van der Waals surface area contributed by atoms with E-state index in [2.05, 4.69) is 78.3 Å². The van der Waals surface area contributed by atoms with E-state index in [0.29, 0.717) is 12.8 Å². The van der Waals surface area contributed by atoms with Crippen molar-refractivity contribution in [1.29, 1.82) is 0 Å². The molecule has 2 unspecified atom stereocenters. The predicted molar refractivity (Wildman–Crippen MR) is 171 cm³/mol. The van der Waals surface area contributed by atoms with Crippen LogP contribution in [0.1, 0.15) is 78.6 Å². The van der Waals surface area contributed by atoms with Crippen molar-refractivity contribution in [2.45, 2.75) is 115 Å². The highest BCUT2D eigenvalue weighted by atomic mass is 16.6. The van der Waals surface area contributed by atoms with Gasteiger partial charge in [0.1, 0.15) is 30.4 Å². The lowest BCUT2D eigenvalue weighted by Crippen LogP contribution is -2.65. The first-order valence-corrected chi connectivity index (χ1v) is 15.5. The number of carbonyl (C=O) groups excluding carboxylic acids is 2. The maximum atomic E-state index is 12.9. The van der Waals surface area contributed by atoms with Gasteiger partial charge in [-0.1, -0.05) is 93.7 Å². The van der Waals surface area contributed by atoms with Crippen LogP contribution in [0.4, 0.5) is 0 Å². The molecule has 0 spiro atoms. The summed E-state index contributed by atoms with van der Waals surface area (Å²) < 4.78 is 5.09. The molecule has 9 nitrogen and oxygen atoms in total. The molecule has 1 rings (SSSR count). The van der Waals surface area contributed by atoms with E-state index in [0.717, 1.165) is 38.5 Å². The Morgan fingerprint density at radius 2 is 1.26 bits per heavy atom. The molecule has 1 heterocycles. The Labute approximate surface area is 257 Å². The topological polar surface area (TPSA) is 148 Å². The number of allylic oxidation sites excluding steroid dienone is 12. The van der Waals surface area contributed by atoms with Crippen molar-refractivity contribution in [1.82, 2.24) is 10.6 Å². The van der Waals surface area contributed by atoms with E-state index in [1.807, 2.05) is 26.0 Å². The van der Waals surface area contributed by atoms with Crippen LogP contribution in [0.2, 0.25) is 0 Å². The Bertz CT molecular complexity index is 954. The maximum Gasteiger partial charge on any atom is 0.243 e. The van der Waals surface area contributed by atoms with Gasteiger partial charge in [0.25, 0.3) is 0 Å². The van der Waals surface area contributed by atoms with Gasteiger partial charge in [-0.05, 0) is 57.3 Å². The largest absolute Gasteiger partial charge is 0.394 e. The smallest absolute Gasteiger partial charge is 0.243 e. The molecule has 1 saturated heterocycles. The van der Waals surface area contributed by atoms with Crippen LogP contribution in [0, 0.1) is 5.92 Å². The minimum atomic E-state index is -1.62. The van der Waals surface area contributed by atoms with Crippen LogP contribution in [-0.4, -0.2) is 75.5 Å². The summed E-state index contributed by atoms with van der Waals surface area (Å²) in [5, 5.41) is 45.0. The lowest BCUT2D eigenvalue weighted by atomic mass is 9.96. The number of amides is 2. The van der Waals surface area contributed by atoms with Gasteiger partial charge in [0.2, 0.25) is 11.8 Å². The van der Waals surface area contributed by atoms with Crippen molar-refractivity contribution in [2.24, 2.45) is 5.92 Å². The van der Waals surface area contributed by atoms with E-state index in [1.165, 1.54) is 0 Å². The molecule has 6 N–H and O–H groups in total. The molecule has 0 bridgehead atoms. The van der Waals surface area contributed by atoms with E-state index in [1.54, 1.807) is 0 Å². The SMILES string of the molecule is CC/C=C\C/C=C\C/C=C\C/C=C\C/C=C\C/C=C\CCC(=O)N[C@@H](CC(C)C)C(=O)NC1[C@H](O)OC(CO)[C@@H](O)[C@H]1O. The third-order valence-corrected chi connectivity index (χ3v) is 6.70. The third kappa shape index (κ3) is 17.2. The molecule has 0 aromatic carbocycles. The first-order valence-electron chi connectivity index (χ1n) is 15.5. The third-order valence-electron chi connectivity index (χ3n) is 6.70. The molecule has 1 aliphatic rings. The van der Waals surface area contributed by atoms with Crippen molar-refractivity contribution in [2.75, 3.05) is 6.61 Å². The summed E-state index contributed by atoms with van der Waals surface area (Å²) in [4.78, 5) is 25.4. The van der Waals surface area contributed by atoms with Crippen molar-refractivity contribution >= 4 is 11.8 Å². The van der Waals surface area contributed by atoms with Gasteiger partial charge in [0.15, 0.2) is 6.29 Å². The van der Waals surface area contributed by atoms with E-state index >= 15 is 0 Å². The second-order valence-electron chi connectivity index (χ2n) is 11.0. The van der Waals surface area contributed by atoms with Gasteiger partial charge in [-0.15, -0.1) is 0 Å². The number of hydrogen-bond acceptors (Lipinski definition) is 7. The summed E-state index contributed by atoms with van der Waals surface area (Å²) in [6.45, 7) is 5.35. The predicted octanol–water partition coefficient (Wildman–Crippen LogP) is 3.91. The van der Waals surface area contributed by atoms with Crippen molar-refractivity contribution in [3.8, 4) is 0 Å². The molecule has 2 amide bonds. The number of ether oxygens (including phenoxy) is 1. The molecule has 0 aromatic heterocycles. The summed E-state index contributed by atoms with van der Waals surface area (Å²) in [6.07, 6.45) is 26.3. The fourth-order valence-electron chi connectivity index (χ4n) is 4.34. The molecule has 242 valence electrons. The molecular weight excluding hydrogens is 548 g/mol. The standard InChI is InChI=1S/C34H54N2O7/c1-4-5-6-7-8-9-10-11-12-13-14-15-16-17-18-19-20-21-22-23-29(38)35-27(24-26(2)3)33(41)36-30-32(40)31(39)28(25-37)43-34(30)42/h5-6,8-9,11-12,14-15,17-18,20-21,26-28,30-32,34,37,39-40,42H,4,7,10,13,16,19,22-25H2,1-3H3,(H,35,38)(H,36,41)/b6-5-,9-8-,12-11-,15-14-,18-17-,21-20-/t27-,28?,30?,31+,32-,34+/m0/s1. The molecule has 0 radical (unpaired) electrons. The zero-order valence-corrected chi connectivity index (χ0v) is 26.1. The summed E-state index contributed by atoms with van der Waals surface area (Å²) in [5.74, 6) is -0.805. The summed E-state index contributed by atoms with van der Waals surface area (Å²) >= 11 is 0. The molecule has 43 heavy (non-hydrogen) atoms. The summed E-state index contributed by atoms with van der Waals surface area (Å²) in [7, 11) is 0. The van der Waals surface area contributed by atoms with Crippen LogP contribution in [0.25, 0.3) is 0 Å². The van der Waals surface area contributed by atoms with Gasteiger partial charge in [-0.25, -0.2) is 0 Å². The Morgan fingerprint density at radius 1 is 0.767 bits per heavy atom. The Kier molecular flexibility index (Phi) is 21.0. The number of hydrogen-bond donors (Lipinski definition) is 6. The molecule has 0 saturated carbocycles. The zero-order chi connectivity index (χ0) is 31.9. The van der Waals surface area contributed by atoms with Crippen molar-refractivity contribution in [3.63, 3.8) is 0 Å². The van der Waals surface area contributed by atoms with Crippen LogP contribution >= 0.6 is 0 Å². The second-order valence-corrected chi connectivity index (χ2v) is 11.0. The number of carbonyl (C=O) groups is 2. The average molecular weight is 603 g/mol. The van der Waals surface area contributed by atoms with Crippen LogP contribution in [0.5, 0.6) is 0 Å². The number of nitrogens with one attached hydrogen (secondary N) is 2. The molecule has 6 atom stereocenters. The second kappa shape index (κ2) is 23.6. The monoisotopic (exact) mass is 602 g/mol. The normalized spacial score (nSPS) is 24.0. The van der Waals surface area contributed by atoms with Gasteiger partial charge in [0.05, 0.1) is 6.61 Å². The first kappa shape index (κ1) is 38.2. The van der Waals surface area contributed by atoms with E-state index < -0.39 is 49.2 Å². The van der Waals surface area contributed by atoms with Gasteiger partial charge >= 0.3 is 0 Å². The molecule has 1 aliphatic heterocycles. The van der Waals surface area contributed by atoms with Crippen LogP contribution in [-0.2, 0) is 14.3 Å². The van der Waals surface area contributed by atoms with Gasteiger partial charge in [-0.3, -0.25) is 9.59 Å². The van der Waals surface area contributed by atoms with E-state index in [-0.39, 0.29) is 18.2 Å². The van der Waals surface area contributed by atoms with E-state index in [4.69, 9.17) is 4.74 Å². The number of rotatable bonds is 20. The van der Waals surface area contributed by atoms with Crippen molar-refractivity contribution < 1.29 is 34.8 Å². The Balaban J connectivity index is 2.33. The minimum Gasteiger partial charge on any atom is -0.394 e. The van der Waals surface area contributed by atoms with Crippen LogP contribution in [0.15, 0.2) is 72.9 Å². The zero-order valence-electron chi connectivity index (χ0n) is 26.1. The highest BCUT2D eigenvalue weighted by Crippen LogP contribution is 2.20. The van der Waals surface area contributed by atoms with Gasteiger partial charge in [-0.2, -0.15) is 0 Å². The number of aliphatic hydroxyl groups is 4. The Morgan fingerprint density at radius 3 is 1.72 bits per heavy atom. The van der Waals surface area contributed by atoms with E-state index in [9.17, 15) is 30.0 Å². The van der Waals surface area contributed by atoms with Crippen molar-refractivity contribution in [3.05, 3.63) is 72.9 Å². The lowest BCUT2D eigenvalue weighted by molar-refractivity contribution is -0.254. The Hall–Kier alpha value is -2.82. The van der Waals surface area contributed by atoms with Gasteiger partial charge in [0, 0.05) is 6.42 Å². The highest BCUT2D eigenvalue weighted by molar-refractivity contribution is 5.87. The number of aliphatic hydroxyl groups excluding tert-OH is 4. The summed E-state index contributed by atoms with van der Waals surface area (Å²) in [5.41, 5.74) is 0. The average Bonchev–Trinajstić information content (AvgIpc) is 2.97. The van der Waals surface area contributed by atoms with Gasteiger partial charge < -0.3 is 35.8 Å². The highest BCUT2D eigenvalue weighted by Gasteiger charge is 2.44. The van der Waals surface area contributed by atoms with Crippen LogP contribution in [0.3, 0.4) is 0 Å². The molecule has 0 aliphatic carbocycles. The lowest BCUT2D eigenvalue weighted by Gasteiger charge is -2.40. The molecule has 0 aromatic rings. The summed E-state index contributed by atoms with van der Waals surface area (Å²) in [6, 6.07) is -2.19. The quantitative estimate of drug-likeness (QED) is 0.116. The molecule has 1 fully saturated rings. The molecular formula is C34H54N2O7.